The summed E-state index contributed by atoms with van der Waals surface area (Å²) >= 11 is 0. The van der Waals surface area contributed by atoms with Crippen LogP contribution < -0.4 is 15.0 Å². The lowest BCUT2D eigenvalue weighted by Crippen LogP contribution is -2.41. The molecule has 0 bridgehead atoms. The van der Waals surface area contributed by atoms with E-state index in [9.17, 15) is 19.8 Å². The van der Waals surface area contributed by atoms with Gasteiger partial charge in [0.1, 0.15) is 18.5 Å². The Kier molecular flexibility index (Phi) is 11.2. The first-order valence-corrected chi connectivity index (χ1v) is 16.5. The van der Waals surface area contributed by atoms with Crippen molar-refractivity contribution in [2.45, 2.75) is 65.7 Å². The summed E-state index contributed by atoms with van der Waals surface area (Å²) in [6.45, 7) is 11.5. The van der Waals surface area contributed by atoms with Crippen molar-refractivity contribution in [3.05, 3.63) is 113 Å². The number of aromatic nitrogens is 2. The molecule has 0 spiro atoms. The molecule has 2 heterocycles. The van der Waals surface area contributed by atoms with E-state index in [-0.39, 0.29) is 31.1 Å². The van der Waals surface area contributed by atoms with E-state index >= 15 is 0 Å². The Labute approximate surface area is 282 Å². The average molecular weight is 649 g/mol. The van der Waals surface area contributed by atoms with Gasteiger partial charge in [-0.1, -0.05) is 73.7 Å². The number of carboxylic acids is 1. The highest BCUT2D eigenvalue weighted by molar-refractivity contribution is 5.97. The molecule has 0 aliphatic carbocycles. The van der Waals surface area contributed by atoms with Gasteiger partial charge in [-0.15, -0.1) is 0 Å². The molecular weight excluding hydrogens is 604 g/mol. The first-order valence-electron chi connectivity index (χ1n) is 16.5. The minimum absolute atomic E-state index is 0.0136. The monoisotopic (exact) mass is 648 g/mol. The Morgan fingerprint density at radius 1 is 1.02 bits per heavy atom. The molecular formula is C39H44N4O5. The van der Waals surface area contributed by atoms with E-state index in [1.165, 1.54) is 5.69 Å². The topological polar surface area (TPSA) is 125 Å². The van der Waals surface area contributed by atoms with E-state index < -0.39 is 17.9 Å². The molecule has 3 N–H and O–H groups in total. The number of carboxylic acid groups (broad SMARTS) is 1. The number of aliphatic hydroxyl groups excluding tert-OH is 1. The van der Waals surface area contributed by atoms with E-state index in [2.05, 4.69) is 52.1 Å². The Hall–Kier alpha value is -5.02. The van der Waals surface area contributed by atoms with Crippen molar-refractivity contribution >= 4 is 23.1 Å². The summed E-state index contributed by atoms with van der Waals surface area (Å²) in [5.74, 6) is -0.535. The first kappa shape index (κ1) is 34.3. The summed E-state index contributed by atoms with van der Waals surface area (Å²) in [6, 6.07) is 23.2. The van der Waals surface area contributed by atoms with Gasteiger partial charge in [0.05, 0.1) is 12.3 Å². The highest BCUT2D eigenvalue weighted by Crippen LogP contribution is 2.31. The van der Waals surface area contributed by atoms with Crippen molar-refractivity contribution in [2.75, 3.05) is 18.0 Å². The SMILES string of the molecule is C=C(C)c1cc(-c2ccc(N3CCC(Cc4nc(C)c(OCc5ccccc5)c(C(=O)NC(CC)C(=O)O)n4)CC3)cc2)ccc1CO. The van der Waals surface area contributed by atoms with Crippen LogP contribution in [0.1, 0.15) is 71.8 Å². The van der Waals surface area contributed by atoms with Crippen LogP contribution in [0.2, 0.25) is 0 Å². The van der Waals surface area contributed by atoms with Crippen molar-refractivity contribution in [3.8, 4) is 16.9 Å². The number of hydrogen-bond donors (Lipinski definition) is 3. The van der Waals surface area contributed by atoms with Gasteiger partial charge in [0.2, 0.25) is 0 Å². The largest absolute Gasteiger partial charge is 0.485 e. The number of allylic oxidation sites excluding steroid dienone is 1. The van der Waals surface area contributed by atoms with Crippen LogP contribution in [-0.2, 0) is 24.4 Å². The van der Waals surface area contributed by atoms with E-state index in [0.29, 0.717) is 23.9 Å². The highest BCUT2D eigenvalue weighted by Gasteiger charge is 2.27. The third-order valence-corrected chi connectivity index (χ3v) is 8.93. The number of nitrogens with one attached hydrogen (secondary N) is 1. The molecule has 250 valence electrons. The fourth-order valence-electron chi connectivity index (χ4n) is 6.14. The second-order valence-electron chi connectivity index (χ2n) is 12.4. The number of ether oxygens (including phenoxy) is 1. The number of amides is 1. The molecule has 1 fully saturated rings. The molecule has 1 atom stereocenters. The number of carbonyl (C=O) groups excluding carboxylic acids is 1. The first-order chi connectivity index (χ1) is 23.2. The van der Waals surface area contributed by atoms with Crippen LogP contribution in [0.5, 0.6) is 5.75 Å². The molecule has 1 unspecified atom stereocenters. The highest BCUT2D eigenvalue weighted by atomic mass is 16.5. The van der Waals surface area contributed by atoms with Gasteiger partial charge in [-0.3, -0.25) is 4.79 Å². The second-order valence-corrected chi connectivity index (χ2v) is 12.4. The number of benzene rings is 3. The van der Waals surface area contributed by atoms with Gasteiger partial charge < -0.3 is 25.2 Å². The molecule has 0 radical (unpaired) electrons. The molecule has 5 rings (SSSR count). The van der Waals surface area contributed by atoms with Crippen LogP contribution in [0.15, 0.2) is 79.4 Å². The summed E-state index contributed by atoms with van der Waals surface area (Å²) in [7, 11) is 0. The lowest BCUT2D eigenvalue weighted by atomic mass is 9.92. The molecule has 1 saturated heterocycles. The predicted octanol–water partition coefficient (Wildman–Crippen LogP) is 6.61. The maximum absolute atomic E-state index is 13.4. The molecule has 0 saturated carbocycles. The molecule has 1 aromatic heterocycles. The maximum Gasteiger partial charge on any atom is 0.326 e. The third kappa shape index (κ3) is 8.27. The number of aryl methyl sites for hydroxylation is 1. The number of hydrogen-bond acceptors (Lipinski definition) is 7. The molecule has 3 aromatic carbocycles. The fraction of sp³-hybridized carbons (Fsp3) is 0.333. The van der Waals surface area contributed by atoms with Crippen molar-refractivity contribution in [3.63, 3.8) is 0 Å². The normalized spacial score (nSPS) is 14.0. The summed E-state index contributed by atoms with van der Waals surface area (Å²) in [5.41, 5.74) is 7.68. The zero-order chi connectivity index (χ0) is 34.2. The van der Waals surface area contributed by atoms with Gasteiger partial charge in [-0.2, -0.15) is 0 Å². The number of anilines is 1. The predicted molar refractivity (Wildman–Crippen MR) is 188 cm³/mol. The van der Waals surface area contributed by atoms with Crippen molar-refractivity contribution in [1.29, 1.82) is 0 Å². The Balaban J connectivity index is 1.26. The summed E-state index contributed by atoms with van der Waals surface area (Å²) < 4.78 is 6.07. The van der Waals surface area contributed by atoms with E-state index in [1.54, 1.807) is 13.8 Å². The van der Waals surface area contributed by atoms with Crippen LogP contribution in [0.4, 0.5) is 5.69 Å². The summed E-state index contributed by atoms with van der Waals surface area (Å²) in [5, 5.41) is 21.8. The zero-order valence-corrected chi connectivity index (χ0v) is 27.9. The molecule has 9 heteroatoms. The number of carbonyl (C=O) groups is 2. The molecule has 1 aliphatic rings. The van der Waals surface area contributed by atoms with Crippen LogP contribution in [-0.4, -0.2) is 51.2 Å². The third-order valence-electron chi connectivity index (χ3n) is 8.93. The van der Waals surface area contributed by atoms with Crippen LogP contribution in [0, 0.1) is 12.8 Å². The molecule has 1 aliphatic heterocycles. The van der Waals surface area contributed by atoms with E-state index in [0.717, 1.165) is 59.3 Å². The zero-order valence-electron chi connectivity index (χ0n) is 27.9. The fourth-order valence-corrected chi connectivity index (χ4v) is 6.14. The Morgan fingerprint density at radius 2 is 1.71 bits per heavy atom. The van der Waals surface area contributed by atoms with Gasteiger partial charge in [0, 0.05) is 25.2 Å². The van der Waals surface area contributed by atoms with Gasteiger partial charge in [0.25, 0.3) is 5.91 Å². The van der Waals surface area contributed by atoms with Gasteiger partial charge >= 0.3 is 5.97 Å². The van der Waals surface area contributed by atoms with Crippen molar-refractivity contribution in [2.24, 2.45) is 5.92 Å². The lowest BCUT2D eigenvalue weighted by molar-refractivity contribution is -0.139. The van der Waals surface area contributed by atoms with Gasteiger partial charge in [0.15, 0.2) is 11.4 Å². The Morgan fingerprint density at radius 3 is 2.33 bits per heavy atom. The molecule has 4 aromatic rings. The smallest absolute Gasteiger partial charge is 0.326 e. The molecule has 48 heavy (non-hydrogen) atoms. The Bertz CT molecular complexity index is 1750. The number of aliphatic hydroxyl groups is 1. The standard InChI is InChI=1S/C39H44N4O5/c1-5-34(39(46)47)41-38(45)36-37(48-24-28-9-7-6-8-10-28)26(4)40-35(42-36)21-27-17-19-43(20-18-27)32-15-13-29(14-16-32)30-11-12-31(23-44)33(22-30)25(2)3/h6-16,22,27,34,44H,2,5,17-21,23-24H2,1,3-4H3,(H,41,45)(H,46,47). The van der Waals surface area contributed by atoms with E-state index in [4.69, 9.17) is 9.72 Å². The number of aliphatic carboxylic acids is 1. The second kappa shape index (κ2) is 15.7. The van der Waals surface area contributed by atoms with E-state index in [1.807, 2.05) is 49.4 Å². The maximum atomic E-state index is 13.4. The average Bonchev–Trinajstić information content (AvgIpc) is 3.10. The summed E-state index contributed by atoms with van der Waals surface area (Å²) in [4.78, 5) is 36.8. The number of rotatable bonds is 13. The van der Waals surface area contributed by atoms with Crippen LogP contribution in [0.25, 0.3) is 16.7 Å². The van der Waals surface area contributed by atoms with Gasteiger partial charge in [-0.05, 0) is 85.0 Å². The summed E-state index contributed by atoms with van der Waals surface area (Å²) in [6.07, 6.45) is 2.74. The minimum Gasteiger partial charge on any atom is -0.485 e. The quantitative estimate of drug-likeness (QED) is 0.148. The van der Waals surface area contributed by atoms with Gasteiger partial charge in [-0.25, -0.2) is 14.8 Å². The lowest BCUT2D eigenvalue weighted by Gasteiger charge is -2.33. The van der Waals surface area contributed by atoms with Crippen LogP contribution >= 0.6 is 0 Å². The van der Waals surface area contributed by atoms with Crippen molar-refractivity contribution in [1.82, 2.24) is 15.3 Å². The number of nitrogens with zero attached hydrogens (tertiary/aromatic N) is 3. The minimum atomic E-state index is -1.10. The molecule has 1 amide bonds. The van der Waals surface area contributed by atoms with Crippen LogP contribution in [0.3, 0.4) is 0 Å². The molecule has 9 nitrogen and oxygen atoms in total. The number of piperidine rings is 1. The van der Waals surface area contributed by atoms with Crippen molar-refractivity contribution < 1.29 is 24.5 Å².